The van der Waals surface area contributed by atoms with Gasteiger partial charge in [-0.25, -0.2) is 13.6 Å². The number of alkyl halides is 4. The number of hydrogen-bond donors (Lipinski definition) is 3. The summed E-state index contributed by atoms with van der Waals surface area (Å²) in [5.74, 6) is -15.4. The highest BCUT2D eigenvalue weighted by atomic mass is 19.3. The molecule has 11 heteroatoms. The molecule has 0 saturated heterocycles. The first-order valence-electron chi connectivity index (χ1n) is 10.4. The van der Waals surface area contributed by atoms with E-state index < -0.39 is 54.7 Å². The van der Waals surface area contributed by atoms with Crippen molar-refractivity contribution in [1.82, 2.24) is 10.6 Å². The van der Waals surface area contributed by atoms with Crippen LogP contribution < -0.4 is 10.6 Å². The Bertz CT molecular complexity index is 1090. The van der Waals surface area contributed by atoms with Crippen LogP contribution in [0.4, 0.5) is 22.4 Å². The van der Waals surface area contributed by atoms with Crippen molar-refractivity contribution in [3.05, 3.63) is 59.7 Å². The van der Waals surface area contributed by atoms with Gasteiger partial charge in [-0.15, -0.1) is 0 Å². The van der Waals surface area contributed by atoms with Gasteiger partial charge in [-0.05, 0) is 22.3 Å². The van der Waals surface area contributed by atoms with Crippen LogP contribution in [0, 0.1) is 11.8 Å². The standard InChI is InChI=1S/C23H20F4N2O5/c24-22(25,20(32)28-9-17-18(19(30)31)23(17,26)27)11-29-21(33)34-10-16-14-7-3-1-5-12(14)13-6-2-4-8-15(13)16/h1-8,16-18H,9-11H2,(H,28,32)(H,29,33)(H,30,31)/t17-,18-/m0/s1. The number of carboxylic acid groups (broad SMARTS) is 1. The van der Waals surface area contributed by atoms with Gasteiger partial charge in [-0.1, -0.05) is 48.5 Å². The Hall–Kier alpha value is -3.63. The SMILES string of the molecule is O=C(NCC(F)(F)C(=O)NC[C@H]1[C@@H](C(=O)O)C1(F)F)OCC1c2ccccc2-c2ccccc21. The highest BCUT2D eigenvalue weighted by Crippen LogP contribution is 2.55. The number of fused-ring (bicyclic) bond motifs is 3. The summed E-state index contributed by atoms with van der Waals surface area (Å²) in [7, 11) is 0. The fourth-order valence-electron chi connectivity index (χ4n) is 4.23. The van der Waals surface area contributed by atoms with Gasteiger partial charge in [-0.3, -0.25) is 9.59 Å². The molecule has 0 aliphatic heterocycles. The molecular formula is C23H20F4N2O5. The van der Waals surface area contributed by atoms with Gasteiger partial charge < -0.3 is 20.5 Å². The molecule has 34 heavy (non-hydrogen) atoms. The fraction of sp³-hybridized carbons (Fsp3) is 0.348. The zero-order valence-corrected chi connectivity index (χ0v) is 17.6. The number of aliphatic carboxylic acids is 1. The smallest absolute Gasteiger partial charge is 0.407 e. The summed E-state index contributed by atoms with van der Waals surface area (Å²) < 4.78 is 59.8. The highest BCUT2D eigenvalue weighted by Gasteiger charge is 2.72. The molecule has 2 atom stereocenters. The van der Waals surface area contributed by atoms with E-state index in [9.17, 15) is 31.9 Å². The summed E-state index contributed by atoms with van der Waals surface area (Å²) in [6, 6.07) is 15.1. The van der Waals surface area contributed by atoms with Crippen LogP contribution in [0.3, 0.4) is 0 Å². The Morgan fingerprint density at radius 2 is 1.53 bits per heavy atom. The van der Waals surface area contributed by atoms with Gasteiger partial charge in [0.1, 0.15) is 12.5 Å². The van der Waals surface area contributed by atoms with Crippen LogP contribution in [0.1, 0.15) is 17.0 Å². The molecule has 0 unspecified atom stereocenters. The lowest BCUT2D eigenvalue weighted by molar-refractivity contribution is -0.145. The van der Waals surface area contributed by atoms with Crippen molar-refractivity contribution in [3.8, 4) is 11.1 Å². The van der Waals surface area contributed by atoms with Crippen LogP contribution in [0.15, 0.2) is 48.5 Å². The van der Waals surface area contributed by atoms with E-state index in [1.165, 1.54) is 0 Å². The predicted octanol–water partition coefficient (Wildman–Crippen LogP) is 3.24. The summed E-state index contributed by atoms with van der Waals surface area (Å²) in [4.78, 5) is 34.4. The molecule has 2 aliphatic carbocycles. The van der Waals surface area contributed by atoms with Gasteiger partial charge >= 0.3 is 18.0 Å². The molecule has 180 valence electrons. The van der Waals surface area contributed by atoms with Crippen LogP contribution in [0.5, 0.6) is 0 Å². The molecular weight excluding hydrogens is 460 g/mol. The molecule has 0 aromatic heterocycles. The van der Waals surface area contributed by atoms with Crippen molar-refractivity contribution in [3.63, 3.8) is 0 Å². The lowest BCUT2D eigenvalue weighted by Gasteiger charge is -2.18. The monoisotopic (exact) mass is 480 g/mol. The molecule has 7 nitrogen and oxygen atoms in total. The van der Waals surface area contributed by atoms with E-state index >= 15 is 0 Å². The van der Waals surface area contributed by atoms with Crippen molar-refractivity contribution in [2.75, 3.05) is 19.7 Å². The van der Waals surface area contributed by atoms with Crippen LogP contribution in [-0.2, 0) is 14.3 Å². The number of carboxylic acids is 1. The predicted molar refractivity (Wildman–Crippen MR) is 111 cm³/mol. The van der Waals surface area contributed by atoms with Crippen LogP contribution >= 0.6 is 0 Å². The number of halogens is 4. The zero-order valence-electron chi connectivity index (χ0n) is 17.6. The average molecular weight is 480 g/mol. The largest absolute Gasteiger partial charge is 0.481 e. The molecule has 1 saturated carbocycles. The van der Waals surface area contributed by atoms with Crippen molar-refractivity contribution >= 4 is 18.0 Å². The summed E-state index contributed by atoms with van der Waals surface area (Å²) in [6.07, 6.45) is -1.17. The Kier molecular flexibility index (Phi) is 5.96. The molecule has 2 aliphatic rings. The first kappa shape index (κ1) is 23.5. The van der Waals surface area contributed by atoms with Gasteiger partial charge in [0.05, 0.1) is 12.5 Å². The second-order valence-electron chi connectivity index (χ2n) is 8.19. The van der Waals surface area contributed by atoms with Gasteiger partial charge in [0.25, 0.3) is 11.8 Å². The molecule has 3 N–H and O–H groups in total. The van der Waals surface area contributed by atoms with E-state index in [1.807, 2.05) is 53.8 Å². The van der Waals surface area contributed by atoms with Gasteiger partial charge in [0.2, 0.25) is 0 Å². The summed E-state index contributed by atoms with van der Waals surface area (Å²) in [5, 5.41) is 12.1. The highest BCUT2D eigenvalue weighted by molar-refractivity contribution is 5.85. The van der Waals surface area contributed by atoms with Crippen LogP contribution in [0.2, 0.25) is 0 Å². The van der Waals surface area contributed by atoms with E-state index in [-0.39, 0.29) is 12.5 Å². The summed E-state index contributed by atoms with van der Waals surface area (Å²) in [5.41, 5.74) is 3.83. The minimum absolute atomic E-state index is 0.120. The normalized spacial score (nSPS) is 20.1. The number of amides is 2. The van der Waals surface area contributed by atoms with E-state index in [0.717, 1.165) is 22.3 Å². The lowest BCUT2D eigenvalue weighted by Crippen LogP contribution is -2.48. The maximum atomic E-state index is 14.0. The number of benzene rings is 2. The molecule has 4 rings (SSSR count). The van der Waals surface area contributed by atoms with Crippen LogP contribution in [-0.4, -0.2) is 54.6 Å². The summed E-state index contributed by atoms with van der Waals surface area (Å²) in [6.45, 7) is -2.47. The topological polar surface area (TPSA) is 105 Å². The molecule has 2 aromatic rings. The molecule has 2 aromatic carbocycles. The Morgan fingerprint density at radius 1 is 0.971 bits per heavy atom. The average Bonchev–Trinajstić information content (AvgIpc) is 3.21. The molecule has 2 amide bonds. The first-order valence-corrected chi connectivity index (χ1v) is 10.4. The molecule has 0 bridgehead atoms. The minimum atomic E-state index is -4.12. The molecule has 1 fully saturated rings. The zero-order chi connectivity index (χ0) is 24.7. The number of hydrogen-bond acceptors (Lipinski definition) is 4. The Morgan fingerprint density at radius 3 is 2.06 bits per heavy atom. The number of ether oxygens (including phenoxy) is 1. The third-order valence-corrected chi connectivity index (χ3v) is 6.08. The van der Waals surface area contributed by atoms with Crippen molar-refractivity contribution < 1.29 is 41.8 Å². The number of rotatable bonds is 8. The first-order chi connectivity index (χ1) is 16.0. The summed E-state index contributed by atoms with van der Waals surface area (Å²) >= 11 is 0. The van der Waals surface area contributed by atoms with Crippen LogP contribution in [0.25, 0.3) is 11.1 Å². The van der Waals surface area contributed by atoms with Gasteiger partial charge in [0, 0.05) is 12.5 Å². The second-order valence-corrected chi connectivity index (χ2v) is 8.19. The minimum Gasteiger partial charge on any atom is -0.481 e. The van der Waals surface area contributed by atoms with Crippen molar-refractivity contribution in [2.45, 2.75) is 17.8 Å². The maximum absolute atomic E-state index is 14.0. The van der Waals surface area contributed by atoms with Crippen molar-refractivity contribution in [2.24, 2.45) is 11.8 Å². The lowest BCUT2D eigenvalue weighted by atomic mass is 9.98. The quantitative estimate of drug-likeness (QED) is 0.504. The molecule has 0 radical (unpaired) electrons. The third-order valence-electron chi connectivity index (χ3n) is 6.08. The molecule has 0 heterocycles. The fourth-order valence-corrected chi connectivity index (χ4v) is 4.23. The van der Waals surface area contributed by atoms with E-state index in [4.69, 9.17) is 9.84 Å². The number of alkyl carbamates (subject to hydrolysis) is 1. The van der Waals surface area contributed by atoms with Gasteiger partial charge in [-0.2, -0.15) is 8.78 Å². The maximum Gasteiger partial charge on any atom is 0.407 e. The molecule has 0 spiro atoms. The van der Waals surface area contributed by atoms with E-state index in [0.29, 0.717) is 0 Å². The number of nitrogens with one attached hydrogen (secondary N) is 2. The number of carbonyl (C=O) groups is 3. The van der Waals surface area contributed by atoms with E-state index in [2.05, 4.69) is 0 Å². The second kappa shape index (κ2) is 8.62. The third kappa shape index (κ3) is 4.29. The number of carbonyl (C=O) groups excluding carboxylic acids is 2. The Labute approximate surface area is 191 Å². The van der Waals surface area contributed by atoms with Gasteiger partial charge in [0.15, 0.2) is 0 Å². The van der Waals surface area contributed by atoms with E-state index in [1.54, 1.807) is 5.32 Å². The Balaban J connectivity index is 1.28. The van der Waals surface area contributed by atoms with Crippen molar-refractivity contribution in [1.29, 1.82) is 0 Å².